The summed E-state index contributed by atoms with van der Waals surface area (Å²) < 4.78 is 5.37. The summed E-state index contributed by atoms with van der Waals surface area (Å²) in [5.41, 5.74) is 0.920. The second-order valence-electron chi connectivity index (χ2n) is 5.37. The number of anilines is 1. The third kappa shape index (κ3) is 6.76. The fourth-order valence-corrected chi connectivity index (χ4v) is 1.91. The number of carbonyl (C=O) groups is 1. The maximum Gasteiger partial charge on any atom is 0.330 e. The Morgan fingerprint density at radius 3 is 2.58 bits per heavy atom. The molecular formula is C16H22N2O6. The Kier molecular flexibility index (Phi) is 7.87. The van der Waals surface area contributed by atoms with Crippen molar-refractivity contribution < 1.29 is 24.7 Å². The molecule has 0 spiro atoms. The Hall–Kier alpha value is -2.45. The minimum Gasteiger partial charge on any atom is -0.478 e. The molecule has 0 aliphatic carbocycles. The van der Waals surface area contributed by atoms with Gasteiger partial charge in [0.1, 0.15) is 0 Å². The fourth-order valence-electron chi connectivity index (χ4n) is 1.91. The molecular weight excluding hydrogens is 316 g/mol. The van der Waals surface area contributed by atoms with E-state index >= 15 is 0 Å². The molecule has 24 heavy (non-hydrogen) atoms. The summed E-state index contributed by atoms with van der Waals surface area (Å²) >= 11 is 0. The number of non-ortho nitro benzene ring substituents is 1. The van der Waals surface area contributed by atoms with Gasteiger partial charge in [-0.15, -0.1) is 0 Å². The minimum absolute atomic E-state index is 0.0365. The molecule has 0 saturated carbocycles. The number of aliphatic hydroxyl groups is 1. The van der Waals surface area contributed by atoms with Crippen molar-refractivity contribution in [1.82, 2.24) is 0 Å². The molecule has 1 atom stereocenters. The number of carboxylic acids is 1. The highest BCUT2D eigenvalue weighted by molar-refractivity contribution is 5.85. The molecule has 0 fully saturated rings. The molecule has 0 bridgehead atoms. The zero-order valence-electron chi connectivity index (χ0n) is 13.6. The van der Waals surface area contributed by atoms with Gasteiger partial charge in [-0.1, -0.05) is 6.58 Å². The van der Waals surface area contributed by atoms with E-state index in [9.17, 15) is 20.0 Å². The van der Waals surface area contributed by atoms with Crippen molar-refractivity contribution in [2.75, 3.05) is 31.7 Å². The Morgan fingerprint density at radius 2 is 2.04 bits per heavy atom. The van der Waals surface area contributed by atoms with E-state index < -0.39 is 17.0 Å². The second kappa shape index (κ2) is 9.64. The summed E-state index contributed by atoms with van der Waals surface area (Å²) in [7, 11) is 1.83. The standard InChI is InChI=1S/C16H22N2O6/c1-12(16(20)21)3-8-15(19)11-24-10-9-17(2)13-4-6-14(7-5-13)18(22)23/h4-7,15,19H,1,3,8-11H2,2H3,(H,20,21). The molecule has 1 unspecified atom stereocenters. The number of aliphatic hydroxyl groups excluding tert-OH is 1. The van der Waals surface area contributed by atoms with Gasteiger partial charge in [0, 0.05) is 37.0 Å². The molecule has 0 radical (unpaired) electrons. The molecule has 0 aliphatic rings. The lowest BCUT2D eigenvalue weighted by atomic mass is 10.1. The number of hydrogen-bond acceptors (Lipinski definition) is 6. The predicted molar refractivity (Wildman–Crippen MR) is 89.2 cm³/mol. The van der Waals surface area contributed by atoms with Crippen LogP contribution in [0.4, 0.5) is 11.4 Å². The van der Waals surface area contributed by atoms with Crippen molar-refractivity contribution in [3.8, 4) is 0 Å². The number of likely N-dealkylation sites (N-methyl/N-ethyl adjacent to an activating group) is 1. The van der Waals surface area contributed by atoms with Crippen LogP contribution in [-0.2, 0) is 9.53 Å². The van der Waals surface area contributed by atoms with Gasteiger partial charge in [0.2, 0.25) is 0 Å². The molecule has 0 aliphatic heterocycles. The third-order valence-corrected chi connectivity index (χ3v) is 3.46. The maximum absolute atomic E-state index is 10.6. The molecule has 2 N–H and O–H groups in total. The molecule has 8 heteroatoms. The summed E-state index contributed by atoms with van der Waals surface area (Å²) in [6.07, 6.45) is -0.253. The van der Waals surface area contributed by atoms with Crippen LogP contribution in [-0.4, -0.2) is 54.0 Å². The Morgan fingerprint density at radius 1 is 1.42 bits per heavy atom. The van der Waals surface area contributed by atoms with Gasteiger partial charge >= 0.3 is 5.97 Å². The van der Waals surface area contributed by atoms with Gasteiger partial charge in [0.25, 0.3) is 5.69 Å². The lowest BCUT2D eigenvalue weighted by molar-refractivity contribution is -0.384. The van der Waals surface area contributed by atoms with E-state index in [0.29, 0.717) is 13.2 Å². The largest absolute Gasteiger partial charge is 0.478 e. The zero-order chi connectivity index (χ0) is 18.1. The van der Waals surface area contributed by atoms with Crippen LogP contribution in [0.15, 0.2) is 36.4 Å². The molecule has 0 saturated heterocycles. The van der Waals surface area contributed by atoms with Gasteiger partial charge in [-0.2, -0.15) is 0 Å². The summed E-state index contributed by atoms with van der Waals surface area (Å²) in [6.45, 7) is 4.42. The van der Waals surface area contributed by atoms with E-state index in [4.69, 9.17) is 9.84 Å². The van der Waals surface area contributed by atoms with Crippen LogP contribution in [0.1, 0.15) is 12.8 Å². The van der Waals surface area contributed by atoms with Crippen molar-refractivity contribution in [3.05, 3.63) is 46.5 Å². The number of rotatable bonds is 11. The molecule has 132 valence electrons. The Labute approximate surface area is 140 Å². The van der Waals surface area contributed by atoms with E-state index in [1.165, 1.54) is 12.1 Å². The first-order chi connectivity index (χ1) is 11.3. The molecule has 0 heterocycles. The van der Waals surface area contributed by atoms with Gasteiger partial charge in [-0.05, 0) is 25.0 Å². The monoisotopic (exact) mass is 338 g/mol. The molecule has 8 nitrogen and oxygen atoms in total. The highest BCUT2D eigenvalue weighted by Gasteiger charge is 2.10. The van der Waals surface area contributed by atoms with Gasteiger partial charge < -0.3 is 19.8 Å². The first-order valence-corrected chi connectivity index (χ1v) is 7.43. The summed E-state index contributed by atoms with van der Waals surface area (Å²) in [5.74, 6) is -1.06. The highest BCUT2D eigenvalue weighted by atomic mass is 16.6. The number of nitro groups is 1. The first-order valence-electron chi connectivity index (χ1n) is 7.43. The number of aliphatic carboxylic acids is 1. The van der Waals surface area contributed by atoms with Crippen molar-refractivity contribution in [2.24, 2.45) is 0 Å². The number of nitro benzene ring substituents is 1. The average molecular weight is 338 g/mol. The Balaban J connectivity index is 2.25. The van der Waals surface area contributed by atoms with E-state index in [1.54, 1.807) is 12.1 Å². The SMILES string of the molecule is C=C(CCC(O)COCCN(C)c1ccc([N+](=O)[O-])cc1)C(=O)O. The maximum atomic E-state index is 10.6. The van der Waals surface area contributed by atoms with E-state index in [1.807, 2.05) is 11.9 Å². The van der Waals surface area contributed by atoms with Crippen LogP contribution in [0, 0.1) is 10.1 Å². The first kappa shape index (κ1) is 19.6. The summed E-state index contributed by atoms with van der Waals surface area (Å²) in [5, 5.41) is 29.0. The molecule has 1 aromatic carbocycles. The quantitative estimate of drug-likeness (QED) is 0.274. The van der Waals surface area contributed by atoms with Crippen molar-refractivity contribution >= 4 is 17.3 Å². The van der Waals surface area contributed by atoms with Gasteiger partial charge in [-0.25, -0.2) is 4.79 Å². The average Bonchev–Trinajstić information content (AvgIpc) is 2.56. The van der Waals surface area contributed by atoms with Crippen molar-refractivity contribution in [3.63, 3.8) is 0 Å². The molecule has 1 rings (SSSR count). The van der Waals surface area contributed by atoms with Gasteiger partial charge in [0.15, 0.2) is 0 Å². The minimum atomic E-state index is -1.06. The number of carboxylic acid groups (broad SMARTS) is 1. The number of ether oxygens (including phenoxy) is 1. The van der Waals surface area contributed by atoms with Crippen LogP contribution < -0.4 is 4.90 Å². The molecule has 0 amide bonds. The van der Waals surface area contributed by atoms with Gasteiger partial charge in [-0.3, -0.25) is 10.1 Å². The smallest absolute Gasteiger partial charge is 0.330 e. The predicted octanol–water partition coefficient (Wildman–Crippen LogP) is 1.83. The number of hydrogen-bond donors (Lipinski definition) is 2. The normalized spacial score (nSPS) is 11.8. The van der Waals surface area contributed by atoms with Crippen LogP contribution in [0.5, 0.6) is 0 Å². The van der Waals surface area contributed by atoms with Crippen molar-refractivity contribution in [1.29, 1.82) is 0 Å². The second-order valence-corrected chi connectivity index (χ2v) is 5.37. The van der Waals surface area contributed by atoms with E-state index in [0.717, 1.165) is 5.69 Å². The van der Waals surface area contributed by atoms with E-state index in [2.05, 4.69) is 6.58 Å². The highest BCUT2D eigenvalue weighted by Crippen LogP contribution is 2.18. The van der Waals surface area contributed by atoms with E-state index in [-0.39, 0.29) is 30.7 Å². The van der Waals surface area contributed by atoms with Crippen LogP contribution in [0.25, 0.3) is 0 Å². The summed E-state index contributed by atoms with van der Waals surface area (Å²) in [6, 6.07) is 6.19. The van der Waals surface area contributed by atoms with Crippen LogP contribution in [0.3, 0.4) is 0 Å². The van der Waals surface area contributed by atoms with Crippen LogP contribution >= 0.6 is 0 Å². The van der Waals surface area contributed by atoms with Crippen LogP contribution in [0.2, 0.25) is 0 Å². The lowest BCUT2D eigenvalue weighted by Gasteiger charge is -2.19. The summed E-state index contributed by atoms with van der Waals surface area (Å²) in [4.78, 5) is 22.6. The van der Waals surface area contributed by atoms with Crippen molar-refractivity contribution in [2.45, 2.75) is 18.9 Å². The number of benzene rings is 1. The fraction of sp³-hybridized carbons (Fsp3) is 0.438. The number of nitrogens with zero attached hydrogens (tertiary/aromatic N) is 2. The topological polar surface area (TPSA) is 113 Å². The molecule has 1 aromatic rings. The molecule has 0 aromatic heterocycles. The zero-order valence-corrected chi connectivity index (χ0v) is 13.6. The van der Waals surface area contributed by atoms with Gasteiger partial charge in [0.05, 0.1) is 24.2 Å². The lowest BCUT2D eigenvalue weighted by Crippen LogP contribution is -2.25. The third-order valence-electron chi connectivity index (χ3n) is 3.46. The Bertz CT molecular complexity index is 572.